The number of aliphatic imine (C=N–C) groups is 1. The van der Waals surface area contributed by atoms with Gasteiger partial charge in [-0.1, -0.05) is 24.6 Å². The monoisotopic (exact) mass is 429 g/mol. The molecule has 0 radical (unpaired) electrons. The summed E-state index contributed by atoms with van der Waals surface area (Å²) in [5.41, 5.74) is 5.13. The van der Waals surface area contributed by atoms with Crippen molar-refractivity contribution in [2.75, 3.05) is 18.1 Å². The number of para-hydroxylation sites is 1. The molecule has 0 aliphatic carbocycles. The van der Waals surface area contributed by atoms with Gasteiger partial charge in [0.15, 0.2) is 0 Å². The highest BCUT2D eigenvalue weighted by Crippen LogP contribution is 2.32. The van der Waals surface area contributed by atoms with E-state index in [0.29, 0.717) is 30.2 Å². The van der Waals surface area contributed by atoms with Crippen molar-refractivity contribution in [2.45, 2.75) is 39.0 Å². The third kappa shape index (κ3) is 3.90. The minimum Gasteiger partial charge on any atom is -0.477 e. The topological polar surface area (TPSA) is 72.6 Å². The summed E-state index contributed by atoms with van der Waals surface area (Å²) < 4.78 is 7.80. The second kappa shape index (κ2) is 8.57. The smallest absolute Gasteiger partial charge is 0.278 e. The highest BCUT2D eigenvalue weighted by Gasteiger charge is 2.26. The van der Waals surface area contributed by atoms with Crippen molar-refractivity contribution in [2.24, 2.45) is 12.0 Å². The van der Waals surface area contributed by atoms with Crippen LogP contribution in [0.25, 0.3) is 11.3 Å². The first-order chi connectivity index (χ1) is 15.6. The number of carbonyl (C=O) groups excluding carboxylic acids is 1. The Morgan fingerprint density at radius 1 is 1.06 bits per heavy atom. The highest BCUT2D eigenvalue weighted by atomic mass is 16.5. The maximum atomic E-state index is 13.2. The van der Waals surface area contributed by atoms with Crippen molar-refractivity contribution in [3.05, 3.63) is 59.4 Å². The molecule has 4 heterocycles. The molecule has 5 rings (SSSR count). The van der Waals surface area contributed by atoms with E-state index in [-0.39, 0.29) is 5.91 Å². The van der Waals surface area contributed by atoms with Gasteiger partial charge in [0.1, 0.15) is 5.84 Å². The molecule has 1 aromatic carbocycles. The van der Waals surface area contributed by atoms with Crippen molar-refractivity contribution in [1.29, 1.82) is 0 Å². The van der Waals surface area contributed by atoms with Crippen LogP contribution in [0.4, 0.5) is 5.69 Å². The number of benzene rings is 1. The maximum absolute atomic E-state index is 13.2. The van der Waals surface area contributed by atoms with Gasteiger partial charge in [0.25, 0.3) is 5.91 Å². The zero-order valence-corrected chi connectivity index (χ0v) is 18.5. The van der Waals surface area contributed by atoms with Crippen LogP contribution in [-0.2, 0) is 13.5 Å². The Morgan fingerprint density at radius 3 is 2.81 bits per heavy atom. The zero-order chi connectivity index (χ0) is 22.1. The van der Waals surface area contributed by atoms with Gasteiger partial charge in [-0.3, -0.25) is 9.78 Å². The number of fused-ring (bicyclic) bond motifs is 7. The van der Waals surface area contributed by atoms with Crippen molar-refractivity contribution < 1.29 is 9.53 Å². The quantitative estimate of drug-likeness (QED) is 0.531. The number of hydrogen-bond donors (Lipinski definition) is 0. The molecular weight excluding hydrogens is 402 g/mol. The summed E-state index contributed by atoms with van der Waals surface area (Å²) in [6.07, 6.45) is 6.63. The van der Waals surface area contributed by atoms with Gasteiger partial charge in [-0.15, -0.1) is 0 Å². The fourth-order valence-electron chi connectivity index (χ4n) is 4.46. The van der Waals surface area contributed by atoms with Gasteiger partial charge in [-0.25, -0.2) is 4.68 Å². The summed E-state index contributed by atoms with van der Waals surface area (Å²) in [4.78, 5) is 24.7. The van der Waals surface area contributed by atoms with Crippen LogP contribution in [0.5, 0.6) is 5.88 Å². The lowest BCUT2D eigenvalue weighted by Crippen LogP contribution is -2.29. The summed E-state index contributed by atoms with van der Waals surface area (Å²) in [7, 11) is 1.86. The molecule has 32 heavy (non-hydrogen) atoms. The predicted octanol–water partition coefficient (Wildman–Crippen LogP) is 4.34. The van der Waals surface area contributed by atoms with Crippen LogP contribution in [0.15, 0.2) is 47.6 Å². The molecular formula is C25H27N5O2. The lowest BCUT2D eigenvalue weighted by Gasteiger charge is -2.20. The van der Waals surface area contributed by atoms with Crippen LogP contribution in [0.3, 0.4) is 0 Å². The fourth-order valence-corrected chi connectivity index (χ4v) is 4.46. The highest BCUT2D eigenvalue weighted by molar-refractivity contribution is 6.12. The Hall–Kier alpha value is -3.48. The van der Waals surface area contributed by atoms with E-state index in [1.807, 2.05) is 26.1 Å². The Bertz CT molecular complexity index is 1200. The summed E-state index contributed by atoms with van der Waals surface area (Å²) in [6.45, 7) is 3.38. The molecule has 0 fully saturated rings. The number of aromatic nitrogens is 3. The fraction of sp³-hybridized carbons (Fsp3) is 0.360. The standard InChI is InChI=1S/C25H27N5O2/c1-17-13-19-14-21(27-17)20-16-26-29(2)25(20)32-12-8-4-3-7-11-30-22-10-6-5-9-18(22)15-23(30)28-24(19)31/h5-6,9-10,13-14,16H,3-4,7-8,11-12,15H2,1-2H3. The van der Waals surface area contributed by atoms with E-state index < -0.39 is 0 Å². The molecule has 3 aromatic rings. The molecule has 0 saturated carbocycles. The number of pyridine rings is 1. The van der Waals surface area contributed by atoms with Crippen LogP contribution in [0.1, 0.15) is 47.3 Å². The molecule has 0 spiro atoms. The first kappa shape index (κ1) is 20.4. The van der Waals surface area contributed by atoms with E-state index in [9.17, 15) is 4.79 Å². The summed E-state index contributed by atoms with van der Waals surface area (Å²) in [5.74, 6) is 1.25. The van der Waals surface area contributed by atoms with Gasteiger partial charge >= 0.3 is 0 Å². The molecule has 0 N–H and O–H groups in total. The van der Waals surface area contributed by atoms with Gasteiger partial charge in [0.2, 0.25) is 5.88 Å². The van der Waals surface area contributed by atoms with Crippen LogP contribution < -0.4 is 9.64 Å². The van der Waals surface area contributed by atoms with Gasteiger partial charge in [-0.2, -0.15) is 10.1 Å². The predicted molar refractivity (Wildman–Crippen MR) is 124 cm³/mol. The van der Waals surface area contributed by atoms with Gasteiger partial charge in [0.05, 0.1) is 24.1 Å². The van der Waals surface area contributed by atoms with Crippen molar-refractivity contribution >= 4 is 17.4 Å². The Labute approximate surface area is 187 Å². The normalized spacial score (nSPS) is 16.6. The largest absolute Gasteiger partial charge is 0.477 e. The Balaban J connectivity index is 1.57. The van der Waals surface area contributed by atoms with E-state index in [1.54, 1.807) is 23.0 Å². The number of nitrogens with zero attached hydrogens (tertiary/aromatic N) is 5. The van der Waals surface area contributed by atoms with Crippen LogP contribution in [0, 0.1) is 6.92 Å². The van der Waals surface area contributed by atoms with Crippen molar-refractivity contribution in [3.8, 4) is 17.1 Å². The lowest BCUT2D eigenvalue weighted by atomic mass is 10.1. The van der Waals surface area contributed by atoms with Crippen LogP contribution >= 0.6 is 0 Å². The molecule has 1 amide bonds. The molecule has 0 unspecified atom stereocenters. The lowest BCUT2D eigenvalue weighted by molar-refractivity contribution is 0.100. The molecule has 7 nitrogen and oxygen atoms in total. The second-order valence-corrected chi connectivity index (χ2v) is 8.42. The summed E-state index contributed by atoms with van der Waals surface area (Å²) in [5, 5.41) is 4.36. The number of aryl methyl sites for hydroxylation is 2. The summed E-state index contributed by atoms with van der Waals surface area (Å²) >= 11 is 0. The number of rotatable bonds is 0. The maximum Gasteiger partial charge on any atom is 0.278 e. The van der Waals surface area contributed by atoms with Crippen LogP contribution in [0.2, 0.25) is 0 Å². The Morgan fingerprint density at radius 2 is 1.91 bits per heavy atom. The number of anilines is 1. The van der Waals surface area contributed by atoms with Crippen LogP contribution in [-0.4, -0.2) is 39.7 Å². The van der Waals surface area contributed by atoms with E-state index in [0.717, 1.165) is 55.0 Å². The average Bonchev–Trinajstić information content (AvgIpc) is 3.32. The molecule has 2 aliphatic rings. The van der Waals surface area contributed by atoms with E-state index in [2.05, 4.69) is 32.1 Å². The van der Waals surface area contributed by atoms with Crippen molar-refractivity contribution in [3.63, 3.8) is 0 Å². The summed E-state index contributed by atoms with van der Waals surface area (Å²) in [6, 6.07) is 11.9. The average molecular weight is 430 g/mol. The van der Waals surface area contributed by atoms with E-state index in [1.165, 1.54) is 5.56 Å². The molecule has 0 saturated heterocycles. The molecule has 7 heteroatoms. The SMILES string of the molecule is Cc1cc2cc(n1)-c1cnn(C)c1OCCCCCCN1C(=NC2=O)Cc2ccccc21. The number of amidine groups is 1. The third-order valence-corrected chi connectivity index (χ3v) is 6.05. The van der Waals surface area contributed by atoms with E-state index >= 15 is 0 Å². The molecule has 2 aromatic heterocycles. The van der Waals surface area contributed by atoms with Crippen molar-refractivity contribution in [1.82, 2.24) is 14.8 Å². The van der Waals surface area contributed by atoms with Gasteiger partial charge < -0.3 is 9.64 Å². The Kier molecular flexibility index (Phi) is 5.47. The molecule has 0 atom stereocenters. The number of amides is 1. The van der Waals surface area contributed by atoms with Gasteiger partial charge in [-0.05, 0) is 49.9 Å². The number of ether oxygens (including phenoxy) is 1. The zero-order valence-electron chi connectivity index (χ0n) is 18.5. The van der Waals surface area contributed by atoms with E-state index in [4.69, 9.17) is 4.74 Å². The third-order valence-electron chi connectivity index (χ3n) is 6.05. The first-order valence-corrected chi connectivity index (χ1v) is 11.2. The van der Waals surface area contributed by atoms with Gasteiger partial charge in [0, 0.05) is 37.0 Å². The number of carbonyl (C=O) groups is 1. The minimum absolute atomic E-state index is 0.247. The molecule has 164 valence electrons. The molecule has 2 aliphatic heterocycles. The number of hydrogen-bond acceptors (Lipinski definition) is 5. The second-order valence-electron chi connectivity index (χ2n) is 8.42. The molecule has 2 bridgehead atoms. The first-order valence-electron chi connectivity index (χ1n) is 11.2. The minimum atomic E-state index is -0.247.